The maximum atomic E-state index is 11.0. The quantitative estimate of drug-likeness (QED) is 0.500. The van der Waals surface area contributed by atoms with E-state index >= 15 is 0 Å². The molecule has 0 rings (SSSR count). The molecule has 0 bridgehead atoms. The van der Waals surface area contributed by atoms with E-state index in [2.05, 4.69) is 4.74 Å². The molecule has 0 aliphatic heterocycles. The molecule has 0 fully saturated rings. The van der Waals surface area contributed by atoms with E-state index in [4.69, 9.17) is 9.59 Å². The number of rotatable bonds is 3. The van der Waals surface area contributed by atoms with Gasteiger partial charge in [0.2, 0.25) is 0 Å². The lowest BCUT2D eigenvalue weighted by atomic mass is 10.0. The fraction of sp³-hybridized carbons (Fsp3) is 0.778. The van der Waals surface area contributed by atoms with Crippen LogP contribution < -0.4 is 0 Å². The van der Waals surface area contributed by atoms with Gasteiger partial charge in [0.05, 0.1) is 6.10 Å². The largest absolute Gasteiger partial charge is 0.459 e. The lowest BCUT2D eigenvalue weighted by Crippen LogP contribution is -2.45. The van der Waals surface area contributed by atoms with Crippen molar-refractivity contribution in [2.75, 3.05) is 0 Å². The van der Waals surface area contributed by atoms with Crippen molar-refractivity contribution in [3.63, 3.8) is 0 Å². The third-order valence-corrected chi connectivity index (χ3v) is 1.45. The molecule has 15 heavy (non-hydrogen) atoms. The zero-order valence-corrected chi connectivity index (χ0v) is 9.18. The van der Waals surface area contributed by atoms with Crippen LogP contribution in [-0.4, -0.2) is 34.2 Å². The van der Waals surface area contributed by atoms with Crippen LogP contribution in [-0.2, 0) is 19.1 Å². The second kappa shape index (κ2) is 7.11. The van der Waals surface area contributed by atoms with Crippen LogP contribution in [0.25, 0.3) is 0 Å². The van der Waals surface area contributed by atoms with Crippen molar-refractivity contribution < 1.29 is 29.3 Å². The third-order valence-electron chi connectivity index (χ3n) is 1.45. The lowest BCUT2D eigenvalue weighted by molar-refractivity contribution is -0.226. The molecule has 0 unspecified atom stereocenters. The van der Waals surface area contributed by atoms with Crippen molar-refractivity contribution in [2.45, 2.75) is 39.6 Å². The van der Waals surface area contributed by atoms with Gasteiger partial charge in [-0.05, 0) is 13.8 Å². The first-order valence-corrected chi connectivity index (χ1v) is 4.35. The van der Waals surface area contributed by atoms with Crippen molar-refractivity contribution in [2.24, 2.45) is 5.92 Å². The van der Waals surface area contributed by atoms with Crippen molar-refractivity contribution in [1.82, 2.24) is 0 Å². The van der Waals surface area contributed by atoms with Gasteiger partial charge in [0.25, 0.3) is 5.79 Å². The summed E-state index contributed by atoms with van der Waals surface area (Å²) in [4.78, 5) is 27.2. The van der Waals surface area contributed by atoms with Gasteiger partial charge < -0.3 is 14.9 Å². The monoisotopic (exact) mass is 220 g/mol. The van der Waals surface area contributed by atoms with Crippen LogP contribution in [0.1, 0.15) is 27.7 Å². The average molecular weight is 220 g/mol. The summed E-state index contributed by atoms with van der Waals surface area (Å²) in [7, 11) is 0. The van der Waals surface area contributed by atoms with Crippen molar-refractivity contribution >= 4 is 12.1 Å². The topological polar surface area (TPSA) is 101 Å². The van der Waals surface area contributed by atoms with E-state index in [0.29, 0.717) is 0 Å². The van der Waals surface area contributed by atoms with E-state index in [1.165, 1.54) is 13.8 Å². The van der Waals surface area contributed by atoms with E-state index in [-0.39, 0.29) is 12.3 Å². The summed E-state index contributed by atoms with van der Waals surface area (Å²) in [6, 6.07) is 0. The molecule has 0 atom stereocenters. The average Bonchev–Trinajstić information content (AvgIpc) is 2.03. The molecule has 0 aliphatic rings. The van der Waals surface area contributed by atoms with Gasteiger partial charge in [-0.15, -0.1) is 0 Å². The molecular formula is C9H16O6. The van der Waals surface area contributed by atoms with E-state index in [1.54, 1.807) is 13.8 Å². The molecule has 0 amide bonds. The van der Waals surface area contributed by atoms with Crippen LogP contribution in [0.4, 0.5) is 0 Å². The number of ether oxygens (including phenoxy) is 1. The highest BCUT2D eigenvalue weighted by molar-refractivity contribution is 5.77. The number of carbonyl (C=O) groups excluding carboxylic acids is 3. The fourth-order valence-corrected chi connectivity index (χ4v) is 0.537. The van der Waals surface area contributed by atoms with Crippen LogP contribution in [0.15, 0.2) is 0 Å². The first-order valence-electron chi connectivity index (χ1n) is 4.35. The third kappa shape index (κ3) is 6.79. The maximum Gasteiger partial charge on any atom is 0.373 e. The number of esters is 1. The standard InChI is InChI=1S/C8H16O4.CO2/c1-5(2)8(10,11)7(9)12-6(3)4;2-1-3/h5-6,10-11H,1-4H3;. The Kier molecular flexibility index (Phi) is 7.69. The van der Waals surface area contributed by atoms with Crippen molar-refractivity contribution in [3.05, 3.63) is 0 Å². The molecule has 0 aromatic rings. The Balaban J connectivity index is 0. The Morgan fingerprint density at radius 3 is 1.73 bits per heavy atom. The molecule has 0 spiro atoms. The van der Waals surface area contributed by atoms with Crippen molar-refractivity contribution in [3.8, 4) is 0 Å². The summed E-state index contributed by atoms with van der Waals surface area (Å²) in [5.41, 5.74) is 0. The zero-order valence-electron chi connectivity index (χ0n) is 9.18. The van der Waals surface area contributed by atoms with E-state index in [9.17, 15) is 15.0 Å². The minimum atomic E-state index is -2.37. The number of aliphatic hydroxyl groups is 2. The van der Waals surface area contributed by atoms with Gasteiger partial charge in [-0.1, -0.05) is 13.8 Å². The zero-order chi connectivity index (χ0) is 12.6. The molecule has 0 aromatic carbocycles. The number of carbonyl (C=O) groups is 1. The van der Waals surface area contributed by atoms with Crippen LogP contribution in [0.3, 0.4) is 0 Å². The summed E-state index contributed by atoms with van der Waals surface area (Å²) < 4.78 is 4.64. The number of hydrogen-bond acceptors (Lipinski definition) is 6. The van der Waals surface area contributed by atoms with Gasteiger partial charge in [-0.25, -0.2) is 4.79 Å². The Bertz CT molecular complexity index is 225. The molecule has 0 heterocycles. The van der Waals surface area contributed by atoms with Gasteiger partial charge in [0.1, 0.15) is 0 Å². The van der Waals surface area contributed by atoms with Crippen LogP contribution in [0.2, 0.25) is 0 Å². The molecular weight excluding hydrogens is 204 g/mol. The van der Waals surface area contributed by atoms with E-state index < -0.39 is 17.7 Å². The van der Waals surface area contributed by atoms with Crippen LogP contribution >= 0.6 is 0 Å². The van der Waals surface area contributed by atoms with E-state index in [0.717, 1.165) is 0 Å². The van der Waals surface area contributed by atoms with Gasteiger partial charge in [-0.2, -0.15) is 9.59 Å². The molecule has 0 saturated carbocycles. The molecule has 6 heteroatoms. The lowest BCUT2D eigenvalue weighted by Gasteiger charge is -2.24. The number of hydrogen-bond donors (Lipinski definition) is 2. The Morgan fingerprint density at radius 2 is 1.53 bits per heavy atom. The van der Waals surface area contributed by atoms with Gasteiger partial charge >= 0.3 is 12.1 Å². The van der Waals surface area contributed by atoms with E-state index in [1.807, 2.05) is 0 Å². The molecule has 88 valence electrons. The minimum Gasteiger partial charge on any atom is -0.459 e. The highest BCUT2D eigenvalue weighted by Crippen LogP contribution is 2.15. The normalized spacial score (nSPS) is 10.4. The highest BCUT2D eigenvalue weighted by atomic mass is 16.6. The SMILES string of the molecule is CC(C)OC(=O)C(O)(O)C(C)C.O=C=O. The van der Waals surface area contributed by atoms with Gasteiger partial charge in [0, 0.05) is 5.92 Å². The molecule has 2 N–H and O–H groups in total. The maximum absolute atomic E-state index is 11.0. The smallest absolute Gasteiger partial charge is 0.373 e. The first-order chi connectivity index (χ1) is 6.69. The Hall–Kier alpha value is -1.23. The summed E-state index contributed by atoms with van der Waals surface area (Å²) in [6.07, 6.45) is -0.0880. The Labute approximate surface area is 87.9 Å². The summed E-state index contributed by atoms with van der Waals surface area (Å²) in [5.74, 6) is -3.94. The summed E-state index contributed by atoms with van der Waals surface area (Å²) in [6.45, 7) is 6.35. The second-order valence-corrected chi connectivity index (χ2v) is 3.42. The molecule has 0 aromatic heterocycles. The van der Waals surface area contributed by atoms with Crippen molar-refractivity contribution in [1.29, 1.82) is 0 Å². The van der Waals surface area contributed by atoms with Gasteiger partial charge in [0.15, 0.2) is 0 Å². The molecule has 6 nitrogen and oxygen atoms in total. The predicted molar refractivity (Wildman–Crippen MR) is 48.2 cm³/mol. The minimum absolute atomic E-state index is 0.250. The summed E-state index contributed by atoms with van der Waals surface area (Å²) in [5, 5.41) is 18.4. The molecule has 0 saturated heterocycles. The predicted octanol–water partition coefficient (Wildman–Crippen LogP) is -0.309. The Morgan fingerprint density at radius 1 is 1.20 bits per heavy atom. The van der Waals surface area contributed by atoms with Crippen LogP contribution in [0, 0.1) is 5.92 Å². The molecule has 0 aliphatic carbocycles. The highest BCUT2D eigenvalue weighted by Gasteiger charge is 2.39. The summed E-state index contributed by atoms with van der Waals surface area (Å²) >= 11 is 0. The fourth-order valence-electron chi connectivity index (χ4n) is 0.537. The first kappa shape index (κ1) is 16.2. The second-order valence-electron chi connectivity index (χ2n) is 3.42. The van der Waals surface area contributed by atoms with Crippen LogP contribution in [0.5, 0.6) is 0 Å². The molecule has 0 radical (unpaired) electrons. The van der Waals surface area contributed by atoms with Gasteiger partial charge in [-0.3, -0.25) is 0 Å².